The van der Waals surface area contributed by atoms with Crippen LogP contribution < -0.4 is 9.47 Å². The molecular weight excluding hydrogens is 432 g/mol. The van der Waals surface area contributed by atoms with Crippen LogP contribution in [0.3, 0.4) is 0 Å². The lowest BCUT2D eigenvalue weighted by Gasteiger charge is -2.40. The van der Waals surface area contributed by atoms with Gasteiger partial charge in [-0.1, -0.05) is 58.4 Å². The van der Waals surface area contributed by atoms with E-state index in [1.807, 2.05) is 54.6 Å². The Labute approximate surface area is 177 Å². The van der Waals surface area contributed by atoms with Crippen LogP contribution in [0.4, 0.5) is 0 Å². The second kappa shape index (κ2) is 6.59. The van der Waals surface area contributed by atoms with Gasteiger partial charge in [0, 0.05) is 22.0 Å². The van der Waals surface area contributed by atoms with E-state index in [1.54, 1.807) is 25.3 Å². The minimum absolute atomic E-state index is 0.233. The Kier molecular flexibility index (Phi) is 4.24. The lowest BCUT2D eigenvalue weighted by molar-refractivity contribution is -0.149. The number of aliphatic hydroxyl groups excluding tert-OH is 1. The molecule has 3 aromatic rings. The molecule has 0 bridgehead atoms. The van der Waals surface area contributed by atoms with Crippen molar-refractivity contribution in [1.82, 2.24) is 0 Å². The number of methoxy groups -OCH3 is 1. The summed E-state index contributed by atoms with van der Waals surface area (Å²) in [5.41, 5.74) is -0.298. The van der Waals surface area contributed by atoms with Gasteiger partial charge in [0.1, 0.15) is 11.5 Å². The van der Waals surface area contributed by atoms with Crippen molar-refractivity contribution in [3.05, 3.63) is 94.0 Å². The topological polar surface area (TPSA) is 58.9 Å². The summed E-state index contributed by atoms with van der Waals surface area (Å²) < 4.78 is 12.9. The van der Waals surface area contributed by atoms with E-state index in [9.17, 15) is 10.2 Å². The van der Waals surface area contributed by atoms with E-state index in [4.69, 9.17) is 9.47 Å². The first-order valence-corrected chi connectivity index (χ1v) is 10.4. The van der Waals surface area contributed by atoms with Crippen LogP contribution in [0.25, 0.3) is 0 Å². The molecule has 3 aromatic carbocycles. The predicted octanol–water partition coefficient (Wildman–Crippen LogP) is 4.48. The Morgan fingerprint density at radius 1 is 1.03 bits per heavy atom. The van der Waals surface area contributed by atoms with Gasteiger partial charge in [0.15, 0.2) is 11.2 Å². The van der Waals surface area contributed by atoms with Crippen LogP contribution in [0.2, 0.25) is 0 Å². The largest absolute Gasteiger partial charge is 0.497 e. The smallest absolute Gasteiger partial charge is 0.176 e. The van der Waals surface area contributed by atoms with Crippen molar-refractivity contribution < 1.29 is 19.7 Å². The molecule has 1 aliphatic carbocycles. The van der Waals surface area contributed by atoms with Crippen LogP contribution in [-0.2, 0) is 11.2 Å². The Balaban J connectivity index is 1.79. The van der Waals surface area contributed by atoms with Crippen molar-refractivity contribution >= 4 is 15.9 Å². The number of rotatable bonds is 3. The summed E-state index contributed by atoms with van der Waals surface area (Å²) in [5, 5.41) is 23.3. The van der Waals surface area contributed by atoms with Gasteiger partial charge in [0.2, 0.25) is 0 Å². The fourth-order valence-electron chi connectivity index (χ4n) is 5.04. The molecule has 1 heterocycles. The van der Waals surface area contributed by atoms with Crippen molar-refractivity contribution in [2.24, 2.45) is 0 Å². The van der Waals surface area contributed by atoms with Crippen LogP contribution in [-0.4, -0.2) is 23.4 Å². The quantitative estimate of drug-likeness (QED) is 0.614. The Hall–Kier alpha value is -2.34. The summed E-state index contributed by atoms with van der Waals surface area (Å²) >= 11 is 3.49. The summed E-state index contributed by atoms with van der Waals surface area (Å²) in [6, 6.07) is 23.1. The molecule has 1 saturated carbocycles. The van der Waals surface area contributed by atoms with Gasteiger partial charge in [0.25, 0.3) is 0 Å². The van der Waals surface area contributed by atoms with Gasteiger partial charge in [-0.3, -0.25) is 0 Å². The first kappa shape index (κ1) is 18.7. The Bertz CT molecular complexity index is 1050. The van der Waals surface area contributed by atoms with Gasteiger partial charge >= 0.3 is 0 Å². The van der Waals surface area contributed by atoms with E-state index in [0.29, 0.717) is 23.5 Å². The lowest BCUT2D eigenvalue weighted by Crippen LogP contribution is -2.51. The highest BCUT2D eigenvalue weighted by molar-refractivity contribution is 9.10. The number of hydrogen-bond acceptors (Lipinski definition) is 4. The molecule has 4 atom stereocenters. The number of fused-ring (bicyclic) bond motifs is 3. The SMILES string of the molecule is COc1ccc2c(c1)O[C@@]1(c3ccc(Br)cc3)[C@H](c3ccccc3)C[C@@H](O)[C@@]21O. The minimum atomic E-state index is -1.58. The fourth-order valence-corrected chi connectivity index (χ4v) is 5.30. The molecule has 0 saturated heterocycles. The van der Waals surface area contributed by atoms with E-state index >= 15 is 0 Å². The van der Waals surface area contributed by atoms with Gasteiger partial charge in [-0.25, -0.2) is 0 Å². The van der Waals surface area contributed by atoms with Gasteiger partial charge in [-0.2, -0.15) is 0 Å². The molecule has 0 radical (unpaired) electrons. The second-order valence-corrected chi connectivity index (χ2v) is 8.60. The third-order valence-corrected chi connectivity index (χ3v) is 6.87. The highest BCUT2D eigenvalue weighted by Gasteiger charge is 2.72. The summed E-state index contributed by atoms with van der Waals surface area (Å²) in [6.07, 6.45) is -0.590. The molecule has 5 heteroatoms. The average molecular weight is 453 g/mol. The normalized spacial score (nSPS) is 29.8. The molecular formula is C24H21BrO4. The lowest BCUT2D eigenvalue weighted by atomic mass is 9.71. The highest BCUT2D eigenvalue weighted by Crippen LogP contribution is 2.66. The maximum atomic E-state index is 12.1. The van der Waals surface area contributed by atoms with E-state index in [-0.39, 0.29) is 5.92 Å². The molecule has 1 aliphatic heterocycles. The number of aliphatic hydroxyl groups is 2. The third-order valence-electron chi connectivity index (χ3n) is 6.34. The Morgan fingerprint density at radius 2 is 1.76 bits per heavy atom. The van der Waals surface area contributed by atoms with E-state index in [0.717, 1.165) is 15.6 Å². The molecule has 2 aliphatic rings. The predicted molar refractivity (Wildman–Crippen MR) is 113 cm³/mol. The monoisotopic (exact) mass is 452 g/mol. The number of benzene rings is 3. The van der Waals surface area contributed by atoms with Gasteiger partial charge in [-0.05, 0) is 41.8 Å². The van der Waals surface area contributed by atoms with Gasteiger partial charge in [0.05, 0.1) is 13.2 Å². The van der Waals surface area contributed by atoms with Crippen LogP contribution in [0, 0.1) is 0 Å². The Morgan fingerprint density at radius 3 is 2.45 bits per heavy atom. The zero-order valence-corrected chi connectivity index (χ0v) is 17.5. The summed E-state index contributed by atoms with van der Waals surface area (Å²) in [4.78, 5) is 0. The molecule has 148 valence electrons. The number of halogens is 1. The molecule has 1 fully saturated rings. The van der Waals surface area contributed by atoms with E-state index < -0.39 is 17.3 Å². The van der Waals surface area contributed by atoms with Crippen LogP contribution >= 0.6 is 15.9 Å². The molecule has 0 amide bonds. The van der Waals surface area contributed by atoms with Crippen LogP contribution in [0.5, 0.6) is 11.5 Å². The van der Waals surface area contributed by atoms with Crippen molar-refractivity contribution in [3.8, 4) is 11.5 Å². The summed E-state index contributed by atoms with van der Waals surface area (Å²) in [7, 11) is 1.60. The van der Waals surface area contributed by atoms with Crippen molar-refractivity contribution in [3.63, 3.8) is 0 Å². The maximum Gasteiger partial charge on any atom is 0.176 e. The first-order valence-electron chi connectivity index (χ1n) is 9.59. The third kappa shape index (κ3) is 2.44. The van der Waals surface area contributed by atoms with E-state index in [2.05, 4.69) is 15.9 Å². The van der Waals surface area contributed by atoms with Crippen molar-refractivity contribution in [2.75, 3.05) is 7.11 Å². The van der Waals surface area contributed by atoms with E-state index in [1.165, 1.54) is 0 Å². The highest BCUT2D eigenvalue weighted by atomic mass is 79.9. The standard InChI is InChI=1S/C24H21BrO4/c1-28-18-11-12-19-21(13-18)29-24(16-7-9-17(25)10-8-16)20(14-22(26)23(19,24)27)15-5-3-2-4-6-15/h2-13,20,22,26-27H,14H2,1H3/t20-,22+,23-,24-/m0/s1. The first-order chi connectivity index (χ1) is 14.0. The zero-order chi connectivity index (χ0) is 20.2. The van der Waals surface area contributed by atoms with Crippen molar-refractivity contribution in [1.29, 1.82) is 0 Å². The van der Waals surface area contributed by atoms with Crippen molar-refractivity contribution in [2.45, 2.75) is 29.6 Å². The number of ether oxygens (including phenoxy) is 2. The molecule has 0 unspecified atom stereocenters. The van der Waals surface area contributed by atoms with Crippen LogP contribution in [0.1, 0.15) is 29.0 Å². The molecule has 2 N–H and O–H groups in total. The molecule has 29 heavy (non-hydrogen) atoms. The van der Waals surface area contributed by atoms with Gasteiger partial charge < -0.3 is 19.7 Å². The summed E-state index contributed by atoms with van der Waals surface area (Å²) in [6.45, 7) is 0. The molecule has 4 nitrogen and oxygen atoms in total. The van der Waals surface area contributed by atoms with Crippen LogP contribution in [0.15, 0.2) is 77.3 Å². The molecule has 0 aromatic heterocycles. The molecule has 5 rings (SSSR count). The maximum absolute atomic E-state index is 12.1. The second-order valence-electron chi connectivity index (χ2n) is 7.69. The van der Waals surface area contributed by atoms with Gasteiger partial charge in [-0.15, -0.1) is 0 Å². The minimum Gasteiger partial charge on any atom is -0.497 e. The summed E-state index contributed by atoms with van der Waals surface area (Å²) in [5.74, 6) is 0.946. The molecule has 0 spiro atoms. The zero-order valence-electron chi connectivity index (χ0n) is 15.9. The average Bonchev–Trinajstić information content (AvgIpc) is 3.14. The number of hydrogen-bond donors (Lipinski definition) is 2. The fraction of sp³-hybridized carbons (Fsp3) is 0.250.